The Kier molecular flexibility index (Phi) is 4.12. The van der Waals surface area contributed by atoms with Gasteiger partial charge in [0.1, 0.15) is 6.54 Å². The van der Waals surface area contributed by atoms with E-state index in [1.807, 2.05) is 24.3 Å². The van der Waals surface area contributed by atoms with E-state index in [9.17, 15) is 0 Å². The summed E-state index contributed by atoms with van der Waals surface area (Å²) in [5, 5.41) is 8.72. The molecule has 6 nitrogen and oxygen atoms in total. The van der Waals surface area contributed by atoms with Crippen molar-refractivity contribution in [2.24, 2.45) is 0 Å². The third-order valence-electron chi connectivity index (χ3n) is 2.62. The van der Waals surface area contributed by atoms with Crippen LogP contribution in [-0.2, 0) is 12.3 Å². The molecule has 0 saturated carbocycles. The van der Waals surface area contributed by atoms with E-state index in [1.165, 1.54) is 0 Å². The highest BCUT2D eigenvalue weighted by Crippen LogP contribution is 2.24. The number of nitrogen functional groups attached to an aromatic ring is 1. The standard InChI is InChI=1S/C13H12ClN5OS/c14-9-2-1-3-11(4-9)21-8-12-17-13(20-18-12)7-19-6-10(15)5-16-19/h1-6H,7-8,15H2. The van der Waals surface area contributed by atoms with Gasteiger partial charge in [-0.3, -0.25) is 4.68 Å². The zero-order chi connectivity index (χ0) is 14.7. The van der Waals surface area contributed by atoms with Gasteiger partial charge in [0.2, 0.25) is 5.89 Å². The summed E-state index contributed by atoms with van der Waals surface area (Å²) in [6.45, 7) is 0.409. The highest BCUT2D eigenvalue weighted by atomic mass is 35.5. The summed E-state index contributed by atoms with van der Waals surface area (Å²) < 4.78 is 6.84. The number of anilines is 1. The van der Waals surface area contributed by atoms with Crippen LogP contribution in [0.4, 0.5) is 5.69 Å². The Morgan fingerprint density at radius 1 is 1.38 bits per heavy atom. The molecule has 8 heteroatoms. The highest BCUT2D eigenvalue weighted by molar-refractivity contribution is 7.98. The molecule has 3 aromatic rings. The minimum atomic E-state index is 0.409. The molecule has 2 heterocycles. The smallest absolute Gasteiger partial charge is 0.248 e. The van der Waals surface area contributed by atoms with Crippen molar-refractivity contribution in [2.75, 3.05) is 5.73 Å². The van der Waals surface area contributed by atoms with Gasteiger partial charge in [-0.2, -0.15) is 10.1 Å². The van der Waals surface area contributed by atoms with Crippen LogP contribution in [-0.4, -0.2) is 19.9 Å². The molecule has 1 aromatic carbocycles. The number of hydrogen-bond donors (Lipinski definition) is 1. The van der Waals surface area contributed by atoms with E-state index in [4.69, 9.17) is 21.9 Å². The Morgan fingerprint density at radius 2 is 2.29 bits per heavy atom. The second-order valence-electron chi connectivity index (χ2n) is 4.32. The average Bonchev–Trinajstić information content (AvgIpc) is 3.06. The van der Waals surface area contributed by atoms with Crippen molar-refractivity contribution in [1.82, 2.24) is 19.9 Å². The number of rotatable bonds is 5. The fourth-order valence-electron chi connectivity index (χ4n) is 1.72. The van der Waals surface area contributed by atoms with Gasteiger partial charge >= 0.3 is 0 Å². The van der Waals surface area contributed by atoms with Crippen LogP contribution < -0.4 is 5.73 Å². The van der Waals surface area contributed by atoms with Gasteiger partial charge in [-0.15, -0.1) is 11.8 Å². The van der Waals surface area contributed by atoms with Crippen molar-refractivity contribution in [3.63, 3.8) is 0 Å². The highest BCUT2D eigenvalue weighted by Gasteiger charge is 2.08. The Balaban J connectivity index is 1.60. The van der Waals surface area contributed by atoms with E-state index >= 15 is 0 Å². The summed E-state index contributed by atoms with van der Waals surface area (Å²) in [5.41, 5.74) is 6.20. The monoisotopic (exact) mass is 321 g/mol. The lowest BCUT2D eigenvalue weighted by molar-refractivity contribution is 0.362. The lowest BCUT2D eigenvalue weighted by Gasteiger charge is -1.98. The molecule has 21 heavy (non-hydrogen) atoms. The molecule has 0 aliphatic carbocycles. The minimum Gasteiger partial charge on any atom is -0.396 e. The summed E-state index contributed by atoms with van der Waals surface area (Å²) in [5.74, 6) is 1.75. The second kappa shape index (κ2) is 6.19. The Bertz CT molecular complexity index is 742. The molecular weight excluding hydrogens is 310 g/mol. The number of aromatic nitrogens is 4. The maximum absolute atomic E-state index is 5.94. The SMILES string of the molecule is Nc1cnn(Cc2nc(CSc3cccc(Cl)c3)no2)c1. The lowest BCUT2D eigenvalue weighted by atomic mass is 10.4. The molecule has 0 atom stereocenters. The fourth-order valence-corrected chi connectivity index (χ4v) is 2.78. The summed E-state index contributed by atoms with van der Waals surface area (Å²) in [7, 11) is 0. The number of thioether (sulfide) groups is 1. The lowest BCUT2D eigenvalue weighted by Crippen LogP contribution is -2.00. The topological polar surface area (TPSA) is 82.8 Å². The van der Waals surface area contributed by atoms with Crippen molar-refractivity contribution in [3.05, 3.63) is 53.4 Å². The molecular formula is C13H12ClN5OS. The van der Waals surface area contributed by atoms with Crippen molar-refractivity contribution >= 4 is 29.1 Å². The Labute approximate surface area is 130 Å². The Hall–Kier alpha value is -1.99. The zero-order valence-corrected chi connectivity index (χ0v) is 12.5. The molecule has 2 aromatic heterocycles. The molecule has 0 radical (unpaired) electrons. The largest absolute Gasteiger partial charge is 0.396 e. The summed E-state index contributed by atoms with van der Waals surface area (Å²) in [6.07, 6.45) is 3.29. The molecule has 3 rings (SSSR count). The van der Waals surface area contributed by atoms with E-state index in [1.54, 1.807) is 28.8 Å². The van der Waals surface area contributed by atoms with Gasteiger partial charge in [0.25, 0.3) is 0 Å². The van der Waals surface area contributed by atoms with Crippen LogP contribution in [0.5, 0.6) is 0 Å². The molecule has 0 fully saturated rings. The average molecular weight is 322 g/mol. The van der Waals surface area contributed by atoms with Gasteiger partial charge in [0, 0.05) is 16.1 Å². The quantitative estimate of drug-likeness (QED) is 0.728. The predicted octanol–water partition coefficient (Wildman–Crippen LogP) is 2.84. The minimum absolute atomic E-state index is 0.409. The van der Waals surface area contributed by atoms with E-state index in [0.717, 1.165) is 4.90 Å². The molecule has 0 bridgehead atoms. The molecule has 2 N–H and O–H groups in total. The molecule has 0 aliphatic heterocycles. The predicted molar refractivity (Wildman–Crippen MR) is 81.1 cm³/mol. The zero-order valence-electron chi connectivity index (χ0n) is 10.9. The van der Waals surface area contributed by atoms with Gasteiger partial charge < -0.3 is 10.3 Å². The van der Waals surface area contributed by atoms with E-state index < -0.39 is 0 Å². The molecule has 0 saturated heterocycles. The van der Waals surface area contributed by atoms with Crippen LogP contribution in [0.2, 0.25) is 5.02 Å². The molecule has 0 unspecified atom stereocenters. The number of nitrogens with two attached hydrogens (primary N) is 1. The van der Waals surface area contributed by atoms with Crippen LogP contribution >= 0.6 is 23.4 Å². The van der Waals surface area contributed by atoms with Gasteiger partial charge in [0.15, 0.2) is 5.82 Å². The van der Waals surface area contributed by atoms with Crippen molar-refractivity contribution in [1.29, 1.82) is 0 Å². The number of benzene rings is 1. The first-order valence-corrected chi connectivity index (χ1v) is 7.53. The summed E-state index contributed by atoms with van der Waals surface area (Å²) >= 11 is 7.54. The van der Waals surface area contributed by atoms with E-state index in [2.05, 4.69) is 15.2 Å². The first-order valence-electron chi connectivity index (χ1n) is 6.17. The van der Waals surface area contributed by atoms with Crippen LogP contribution in [0.3, 0.4) is 0 Å². The number of nitrogens with zero attached hydrogens (tertiary/aromatic N) is 4. The number of hydrogen-bond acceptors (Lipinski definition) is 6. The van der Waals surface area contributed by atoms with Crippen molar-refractivity contribution in [3.8, 4) is 0 Å². The van der Waals surface area contributed by atoms with Gasteiger partial charge in [-0.1, -0.05) is 22.8 Å². The summed E-state index contributed by atoms with van der Waals surface area (Å²) in [4.78, 5) is 5.38. The van der Waals surface area contributed by atoms with E-state index in [0.29, 0.717) is 34.7 Å². The Morgan fingerprint density at radius 3 is 3.05 bits per heavy atom. The third kappa shape index (κ3) is 3.77. The van der Waals surface area contributed by atoms with Crippen molar-refractivity contribution in [2.45, 2.75) is 17.2 Å². The van der Waals surface area contributed by atoms with Crippen molar-refractivity contribution < 1.29 is 4.52 Å². The maximum Gasteiger partial charge on any atom is 0.248 e. The van der Waals surface area contributed by atoms with Crippen LogP contribution in [0.1, 0.15) is 11.7 Å². The normalized spacial score (nSPS) is 10.9. The van der Waals surface area contributed by atoms with Gasteiger partial charge in [0.05, 0.1) is 17.6 Å². The summed E-state index contributed by atoms with van der Waals surface area (Å²) in [6, 6.07) is 7.64. The van der Waals surface area contributed by atoms with Gasteiger partial charge in [-0.05, 0) is 18.2 Å². The molecule has 108 valence electrons. The van der Waals surface area contributed by atoms with Crippen LogP contribution in [0, 0.1) is 0 Å². The first-order chi connectivity index (χ1) is 10.2. The third-order valence-corrected chi connectivity index (χ3v) is 3.85. The maximum atomic E-state index is 5.94. The number of halogens is 1. The molecule has 0 amide bonds. The second-order valence-corrected chi connectivity index (χ2v) is 5.81. The van der Waals surface area contributed by atoms with E-state index in [-0.39, 0.29) is 0 Å². The first kappa shape index (κ1) is 14.0. The fraction of sp³-hybridized carbons (Fsp3) is 0.154. The van der Waals surface area contributed by atoms with Crippen LogP contribution in [0.25, 0.3) is 0 Å². The molecule has 0 aliphatic rings. The van der Waals surface area contributed by atoms with Gasteiger partial charge in [-0.25, -0.2) is 0 Å². The molecule has 0 spiro atoms. The van der Waals surface area contributed by atoms with Crippen LogP contribution in [0.15, 0.2) is 46.1 Å².